The Balaban J connectivity index is 4.22. The van der Waals surface area contributed by atoms with Gasteiger partial charge in [0.15, 0.2) is 0 Å². The molecule has 2 nitrogen and oxygen atoms in total. The highest BCUT2D eigenvalue weighted by Gasteiger charge is 2.29. The van der Waals surface area contributed by atoms with E-state index in [2.05, 4.69) is 6.07 Å². The maximum atomic E-state index is 9.43. The fourth-order valence-corrected chi connectivity index (χ4v) is 0.899. The lowest BCUT2D eigenvalue weighted by atomic mass is 9.82. The van der Waals surface area contributed by atoms with E-state index < -0.39 is 11.5 Å². The number of aliphatic hydroxyl groups is 1. The Morgan fingerprint density at radius 2 is 1.80 bits per heavy atom. The fraction of sp³-hybridized carbons (Fsp3) is 0.875. The lowest BCUT2D eigenvalue weighted by Gasteiger charge is -2.25. The number of hydrogen-bond acceptors (Lipinski definition) is 2. The zero-order valence-electron chi connectivity index (χ0n) is 7.05. The second-order valence-corrected chi connectivity index (χ2v) is 3.52. The summed E-state index contributed by atoms with van der Waals surface area (Å²) in [5.74, 6) is 0.148. The van der Waals surface area contributed by atoms with Crippen LogP contribution in [-0.4, -0.2) is 11.2 Å². The van der Waals surface area contributed by atoms with E-state index >= 15 is 0 Å². The third-order valence-corrected chi connectivity index (χ3v) is 1.66. The molecule has 10 heavy (non-hydrogen) atoms. The molecule has 0 unspecified atom stereocenters. The van der Waals surface area contributed by atoms with Gasteiger partial charge in [0.05, 0.1) is 17.6 Å². The first kappa shape index (κ1) is 9.45. The monoisotopic (exact) mass is 141 g/mol. The molecule has 1 N–H and O–H groups in total. The first-order chi connectivity index (χ1) is 4.41. The van der Waals surface area contributed by atoms with Crippen molar-refractivity contribution >= 4 is 0 Å². The molecular formula is C8H15NO. The number of nitriles is 1. The SMILES string of the molecule is CC(C)[C@H](O)C(C)(C)C#N. The van der Waals surface area contributed by atoms with Crippen molar-refractivity contribution < 1.29 is 5.11 Å². The first-order valence-electron chi connectivity index (χ1n) is 3.51. The van der Waals surface area contributed by atoms with Gasteiger partial charge in [0.1, 0.15) is 0 Å². The quantitative estimate of drug-likeness (QED) is 0.634. The molecule has 0 aromatic heterocycles. The number of aliphatic hydroxyl groups excluding tert-OH is 1. The van der Waals surface area contributed by atoms with Crippen molar-refractivity contribution in [2.75, 3.05) is 0 Å². The molecule has 0 fully saturated rings. The number of nitrogens with zero attached hydrogens (tertiary/aromatic N) is 1. The third-order valence-electron chi connectivity index (χ3n) is 1.66. The highest BCUT2D eigenvalue weighted by Crippen LogP contribution is 2.24. The van der Waals surface area contributed by atoms with Crippen LogP contribution in [0.2, 0.25) is 0 Å². The van der Waals surface area contributed by atoms with Gasteiger partial charge < -0.3 is 5.11 Å². The lowest BCUT2D eigenvalue weighted by molar-refractivity contribution is 0.0453. The standard InChI is InChI=1S/C8H15NO/c1-6(2)7(10)8(3,4)5-9/h6-7,10H,1-4H3/t7-/m0/s1. The predicted molar refractivity (Wildman–Crippen MR) is 40.2 cm³/mol. The minimum Gasteiger partial charge on any atom is -0.391 e. The molecule has 0 heterocycles. The van der Waals surface area contributed by atoms with Crippen molar-refractivity contribution in [3.05, 3.63) is 0 Å². The molecule has 0 spiro atoms. The van der Waals surface area contributed by atoms with Gasteiger partial charge in [-0.25, -0.2) is 0 Å². The van der Waals surface area contributed by atoms with Gasteiger partial charge in [0, 0.05) is 0 Å². The fourth-order valence-electron chi connectivity index (χ4n) is 0.899. The Kier molecular flexibility index (Phi) is 2.86. The Labute approximate surface area is 62.5 Å². The van der Waals surface area contributed by atoms with E-state index in [0.29, 0.717) is 0 Å². The van der Waals surface area contributed by atoms with E-state index in [4.69, 9.17) is 5.26 Å². The molecule has 0 amide bonds. The molecule has 58 valence electrons. The molecule has 0 radical (unpaired) electrons. The van der Waals surface area contributed by atoms with Gasteiger partial charge in [0.25, 0.3) is 0 Å². The van der Waals surface area contributed by atoms with E-state index in [1.165, 1.54) is 0 Å². The summed E-state index contributed by atoms with van der Waals surface area (Å²) in [4.78, 5) is 0. The minimum atomic E-state index is -0.617. The lowest BCUT2D eigenvalue weighted by Crippen LogP contribution is -2.32. The van der Waals surface area contributed by atoms with E-state index in [0.717, 1.165) is 0 Å². The Morgan fingerprint density at radius 3 is 1.90 bits per heavy atom. The molecule has 1 atom stereocenters. The summed E-state index contributed by atoms with van der Waals surface area (Å²) in [6, 6.07) is 2.07. The zero-order chi connectivity index (χ0) is 8.36. The van der Waals surface area contributed by atoms with Gasteiger partial charge >= 0.3 is 0 Å². The summed E-state index contributed by atoms with van der Waals surface area (Å²) in [5, 5.41) is 18.0. The smallest absolute Gasteiger partial charge is 0.0778 e. The molecular weight excluding hydrogens is 126 g/mol. The molecule has 0 aliphatic carbocycles. The number of hydrogen-bond donors (Lipinski definition) is 1. The maximum Gasteiger partial charge on any atom is 0.0778 e. The minimum absolute atomic E-state index is 0.148. The van der Waals surface area contributed by atoms with E-state index in [1.807, 2.05) is 13.8 Å². The van der Waals surface area contributed by atoms with Crippen molar-refractivity contribution in [2.24, 2.45) is 11.3 Å². The molecule has 0 aromatic carbocycles. The Bertz CT molecular complexity index is 144. The normalized spacial score (nSPS) is 14.9. The summed E-state index contributed by atoms with van der Waals surface area (Å²) in [5.41, 5.74) is -0.617. The van der Waals surface area contributed by atoms with Gasteiger partial charge in [-0.3, -0.25) is 0 Å². The highest BCUT2D eigenvalue weighted by molar-refractivity contribution is 4.97. The van der Waals surface area contributed by atoms with Crippen LogP contribution in [0.25, 0.3) is 0 Å². The Hall–Kier alpha value is -0.550. The van der Waals surface area contributed by atoms with Crippen LogP contribution in [0, 0.1) is 22.7 Å². The van der Waals surface area contributed by atoms with Crippen LogP contribution in [0.1, 0.15) is 27.7 Å². The third kappa shape index (κ3) is 2.00. The molecule has 0 aliphatic heterocycles. The molecule has 0 aromatic rings. The largest absolute Gasteiger partial charge is 0.391 e. The Morgan fingerprint density at radius 1 is 1.40 bits per heavy atom. The van der Waals surface area contributed by atoms with Crippen molar-refractivity contribution in [1.29, 1.82) is 5.26 Å². The van der Waals surface area contributed by atoms with Crippen LogP contribution >= 0.6 is 0 Å². The van der Waals surface area contributed by atoms with Crippen LogP contribution < -0.4 is 0 Å². The summed E-state index contributed by atoms with van der Waals surface area (Å²) in [7, 11) is 0. The van der Waals surface area contributed by atoms with Crippen LogP contribution in [0.4, 0.5) is 0 Å². The van der Waals surface area contributed by atoms with Crippen LogP contribution in [-0.2, 0) is 0 Å². The molecule has 0 bridgehead atoms. The van der Waals surface area contributed by atoms with Crippen LogP contribution in [0.5, 0.6) is 0 Å². The van der Waals surface area contributed by atoms with Crippen molar-refractivity contribution in [1.82, 2.24) is 0 Å². The number of rotatable bonds is 2. The van der Waals surface area contributed by atoms with Gasteiger partial charge in [-0.2, -0.15) is 5.26 Å². The van der Waals surface area contributed by atoms with Crippen LogP contribution in [0.3, 0.4) is 0 Å². The van der Waals surface area contributed by atoms with Gasteiger partial charge in [0.2, 0.25) is 0 Å². The summed E-state index contributed by atoms with van der Waals surface area (Å²) >= 11 is 0. The average Bonchev–Trinajstić information content (AvgIpc) is 1.86. The topological polar surface area (TPSA) is 44.0 Å². The zero-order valence-corrected chi connectivity index (χ0v) is 7.05. The molecule has 0 saturated heterocycles. The van der Waals surface area contributed by atoms with E-state index in [-0.39, 0.29) is 5.92 Å². The first-order valence-corrected chi connectivity index (χ1v) is 3.51. The molecule has 0 saturated carbocycles. The summed E-state index contributed by atoms with van der Waals surface area (Å²) < 4.78 is 0. The molecule has 2 heteroatoms. The average molecular weight is 141 g/mol. The maximum absolute atomic E-state index is 9.43. The van der Waals surface area contributed by atoms with Crippen molar-refractivity contribution in [3.63, 3.8) is 0 Å². The second kappa shape index (κ2) is 3.03. The molecule has 0 rings (SSSR count). The van der Waals surface area contributed by atoms with Crippen molar-refractivity contribution in [2.45, 2.75) is 33.8 Å². The summed E-state index contributed by atoms with van der Waals surface area (Å²) in [6.07, 6.45) is -0.530. The van der Waals surface area contributed by atoms with Crippen LogP contribution in [0.15, 0.2) is 0 Å². The summed E-state index contributed by atoms with van der Waals surface area (Å²) in [6.45, 7) is 7.31. The second-order valence-electron chi connectivity index (χ2n) is 3.52. The van der Waals surface area contributed by atoms with E-state index in [1.54, 1.807) is 13.8 Å². The highest BCUT2D eigenvalue weighted by atomic mass is 16.3. The predicted octanol–water partition coefficient (Wildman–Crippen LogP) is 1.55. The van der Waals surface area contributed by atoms with Gasteiger partial charge in [-0.1, -0.05) is 13.8 Å². The van der Waals surface area contributed by atoms with Gasteiger partial charge in [-0.05, 0) is 19.8 Å². The molecule has 0 aliphatic rings. The van der Waals surface area contributed by atoms with Crippen molar-refractivity contribution in [3.8, 4) is 6.07 Å². The van der Waals surface area contributed by atoms with Gasteiger partial charge in [-0.15, -0.1) is 0 Å². The van der Waals surface area contributed by atoms with E-state index in [9.17, 15) is 5.11 Å².